The van der Waals surface area contributed by atoms with Gasteiger partial charge in [0.25, 0.3) is 0 Å². The van der Waals surface area contributed by atoms with Gasteiger partial charge >= 0.3 is 15.6 Å². The number of nitrogen functional groups attached to an aromatic ring is 1. The molecular weight excluding hydrogens is 628 g/mol. The minimum atomic E-state index is -5.61. The first-order valence-corrected chi connectivity index (χ1v) is 15.6. The largest absolute Gasteiger partial charge is 0.483 e. The van der Waals surface area contributed by atoms with Crippen LogP contribution < -0.4 is 5.73 Å². The van der Waals surface area contributed by atoms with Gasteiger partial charge in [0.15, 0.2) is 29.8 Å². The van der Waals surface area contributed by atoms with E-state index < -0.39 is 96.0 Å². The Labute approximate surface area is 241 Å². The van der Waals surface area contributed by atoms with Gasteiger partial charge in [-0.1, -0.05) is 0 Å². The van der Waals surface area contributed by atoms with Crippen LogP contribution >= 0.6 is 15.6 Å². The van der Waals surface area contributed by atoms with Crippen molar-refractivity contribution < 1.29 is 76.8 Å². The van der Waals surface area contributed by atoms with Crippen LogP contribution in [0.3, 0.4) is 0 Å². The highest BCUT2D eigenvalue weighted by atomic mass is 31.3. The lowest BCUT2D eigenvalue weighted by atomic mass is 9.96. The maximum absolute atomic E-state index is 12.6. The first kappa shape index (κ1) is 32.6. The van der Waals surface area contributed by atoms with E-state index in [1.807, 2.05) is 0 Å². The van der Waals surface area contributed by atoms with Crippen LogP contribution in [0.5, 0.6) is 0 Å². The van der Waals surface area contributed by atoms with Crippen LogP contribution in [-0.2, 0) is 41.4 Å². The summed E-state index contributed by atoms with van der Waals surface area (Å²) in [5.41, 5.74) is 6.46. The normalized spacial score (nSPS) is 37.6. The minimum Gasteiger partial charge on any atom is -0.394 e. The highest BCUT2D eigenvalue weighted by Gasteiger charge is 2.57. The van der Waals surface area contributed by atoms with Gasteiger partial charge in [0.2, 0.25) is 0 Å². The zero-order chi connectivity index (χ0) is 31.5. The van der Waals surface area contributed by atoms with E-state index in [0.29, 0.717) is 11.2 Å². The number of hydrogen-bond donors (Lipinski definition) is 8. The van der Waals surface area contributed by atoms with Gasteiger partial charge in [-0.05, 0) is 13.8 Å². The monoisotopic (exact) mass is 659 g/mol. The number of aliphatic hydroxyl groups excluding tert-OH is 5. The number of fused-ring (bicyclic) bond motifs is 2. The number of ether oxygens (including phenoxy) is 4. The zero-order valence-electron chi connectivity index (χ0n) is 22.4. The van der Waals surface area contributed by atoms with E-state index >= 15 is 0 Å². The van der Waals surface area contributed by atoms with E-state index in [9.17, 15) is 39.3 Å². The molecule has 2 aromatic rings. The van der Waals surface area contributed by atoms with E-state index in [1.54, 1.807) is 13.8 Å². The molecular formula is C20H31N5O16P2. The van der Waals surface area contributed by atoms with Crippen molar-refractivity contribution in [2.24, 2.45) is 0 Å². The van der Waals surface area contributed by atoms with Gasteiger partial charge in [0.1, 0.15) is 60.7 Å². The first-order chi connectivity index (χ1) is 20.0. The SMILES string of the molecule is CC1(C)OC2C(O1)[C@@H](COP(=O)(O)OP(=O)(O)O[C@@H]1OC([C@H](O)CO)[C@@H](O)C(O)C1O)O[C@H]2n1cnc2c(N)ncnc21. The predicted molar refractivity (Wildman–Crippen MR) is 135 cm³/mol. The highest BCUT2D eigenvalue weighted by molar-refractivity contribution is 7.61. The van der Waals surface area contributed by atoms with E-state index in [2.05, 4.69) is 23.8 Å². The third-order valence-corrected chi connectivity index (χ3v) is 9.41. The summed E-state index contributed by atoms with van der Waals surface area (Å²) >= 11 is 0. The molecule has 0 amide bonds. The third-order valence-electron chi connectivity index (χ3n) is 6.80. The summed E-state index contributed by atoms with van der Waals surface area (Å²) in [7, 11) is -11.0. The second-order valence-electron chi connectivity index (χ2n) is 10.3. The Morgan fingerprint density at radius 3 is 2.44 bits per heavy atom. The fourth-order valence-electron chi connectivity index (χ4n) is 4.93. The molecule has 0 radical (unpaired) electrons. The summed E-state index contributed by atoms with van der Waals surface area (Å²) < 4.78 is 63.3. The maximum atomic E-state index is 12.6. The second-order valence-corrected chi connectivity index (χ2v) is 13.3. The number of aliphatic hydroxyl groups is 5. The van der Waals surface area contributed by atoms with Gasteiger partial charge < -0.3 is 60.0 Å². The van der Waals surface area contributed by atoms with Crippen molar-refractivity contribution in [1.29, 1.82) is 0 Å². The Morgan fingerprint density at radius 2 is 1.74 bits per heavy atom. The summed E-state index contributed by atoms with van der Waals surface area (Å²) in [4.78, 5) is 32.5. The lowest BCUT2D eigenvalue weighted by molar-refractivity contribution is -0.292. The van der Waals surface area contributed by atoms with Crippen molar-refractivity contribution in [3.63, 3.8) is 0 Å². The number of nitrogens with zero attached hydrogens (tertiary/aromatic N) is 4. The molecule has 0 saturated carbocycles. The number of nitrogens with two attached hydrogens (primary N) is 1. The molecule has 5 heterocycles. The van der Waals surface area contributed by atoms with Crippen molar-refractivity contribution in [1.82, 2.24) is 19.5 Å². The van der Waals surface area contributed by atoms with E-state index in [4.69, 9.17) is 34.3 Å². The Morgan fingerprint density at radius 1 is 1.05 bits per heavy atom. The number of aromatic nitrogens is 4. The summed E-state index contributed by atoms with van der Waals surface area (Å²) in [5.74, 6) is -0.984. The Kier molecular flexibility index (Phi) is 9.02. The molecule has 21 nitrogen and oxygen atoms in total. The van der Waals surface area contributed by atoms with Crippen LogP contribution in [-0.4, -0.2) is 129 Å². The van der Waals surface area contributed by atoms with Crippen LogP contribution in [0.15, 0.2) is 12.7 Å². The van der Waals surface area contributed by atoms with Crippen molar-refractivity contribution in [2.75, 3.05) is 18.9 Å². The fourth-order valence-corrected chi connectivity index (χ4v) is 7.09. The topological polar surface area (TPSA) is 310 Å². The minimum absolute atomic E-state index is 0.119. The van der Waals surface area contributed by atoms with Gasteiger partial charge in [-0.3, -0.25) is 13.6 Å². The molecule has 7 unspecified atom stereocenters. The average molecular weight is 659 g/mol. The lowest BCUT2D eigenvalue weighted by Crippen LogP contribution is -2.61. The Bertz CT molecular complexity index is 1410. The van der Waals surface area contributed by atoms with Crippen LogP contribution in [0.25, 0.3) is 11.2 Å². The molecule has 3 aliphatic heterocycles. The lowest BCUT2D eigenvalue weighted by Gasteiger charge is -2.41. The molecule has 43 heavy (non-hydrogen) atoms. The standard InChI is InChI=1S/C20H31N5O16P2/c1-20(2)38-14-8(36-18(15(14)39-20)25-6-24-9-16(21)22-5-23-17(9)25)4-35-42(31,32)41-43(33,34)40-19-12(30)10(28)11(29)13(37-19)7(27)3-26/h5-8,10-15,18-19,26-30H,3-4H2,1-2H3,(H,31,32)(H,33,34)(H2,21,22,23)/t7-,8-,10?,11+,12?,13?,14?,15?,18-,19+/m1/s1. The molecule has 0 bridgehead atoms. The van der Waals surface area contributed by atoms with Gasteiger partial charge in [0.05, 0.1) is 19.5 Å². The summed E-state index contributed by atoms with van der Waals surface area (Å²) in [6.45, 7) is 1.58. The van der Waals surface area contributed by atoms with Gasteiger partial charge in [-0.2, -0.15) is 4.31 Å². The summed E-state index contributed by atoms with van der Waals surface area (Å²) in [5, 5.41) is 48.9. The van der Waals surface area contributed by atoms with Crippen LogP contribution in [0.2, 0.25) is 0 Å². The number of imidazole rings is 1. The Hall–Kier alpha value is -1.75. The first-order valence-electron chi connectivity index (χ1n) is 12.6. The molecule has 23 heteroatoms. The van der Waals surface area contributed by atoms with Gasteiger partial charge in [0, 0.05) is 0 Å². The quantitative estimate of drug-likeness (QED) is 0.120. The smallest absolute Gasteiger partial charge is 0.394 e. The summed E-state index contributed by atoms with van der Waals surface area (Å²) in [6, 6.07) is 0. The summed E-state index contributed by atoms with van der Waals surface area (Å²) in [6.07, 6.45) is -13.1. The predicted octanol–water partition coefficient (Wildman–Crippen LogP) is -2.76. The molecule has 0 aliphatic carbocycles. The highest BCUT2D eigenvalue weighted by Crippen LogP contribution is 2.61. The van der Waals surface area contributed by atoms with Crippen molar-refractivity contribution in [3.05, 3.63) is 12.7 Å². The van der Waals surface area contributed by atoms with Crippen LogP contribution in [0.4, 0.5) is 5.82 Å². The van der Waals surface area contributed by atoms with Crippen LogP contribution in [0, 0.1) is 0 Å². The molecule has 3 aliphatic rings. The van der Waals surface area contributed by atoms with E-state index in [1.165, 1.54) is 17.2 Å². The van der Waals surface area contributed by atoms with E-state index in [0.717, 1.165) is 0 Å². The number of phosphoric ester groups is 2. The van der Waals surface area contributed by atoms with Gasteiger partial charge in [-0.25, -0.2) is 24.1 Å². The van der Waals surface area contributed by atoms with Crippen molar-refractivity contribution in [2.45, 2.75) is 81.0 Å². The molecule has 3 saturated heterocycles. The number of rotatable bonds is 10. The molecule has 12 atom stereocenters. The van der Waals surface area contributed by atoms with Crippen LogP contribution in [0.1, 0.15) is 20.1 Å². The molecule has 9 N–H and O–H groups in total. The van der Waals surface area contributed by atoms with Gasteiger partial charge in [-0.15, -0.1) is 0 Å². The molecule has 2 aromatic heterocycles. The number of phosphoric acid groups is 2. The number of anilines is 1. The fraction of sp³-hybridized carbons (Fsp3) is 0.750. The van der Waals surface area contributed by atoms with E-state index in [-0.39, 0.29) is 5.82 Å². The number of hydrogen-bond acceptors (Lipinski definition) is 18. The average Bonchev–Trinajstić information content (AvgIpc) is 3.58. The molecule has 5 rings (SSSR count). The third kappa shape index (κ3) is 6.63. The second kappa shape index (κ2) is 11.9. The zero-order valence-corrected chi connectivity index (χ0v) is 24.2. The molecule has 3 fully saturated rings. The van der Waals surface area contributed by atoms with Crippen molar-refractivity contribution >= 4 is 32.6 Å². The molecule has 0 aromatic carbocycles. The maximum Gasteiger partial charge on any atom is 0.483 e. The molecule has 242 valence electrons. The Balaban J connectivity index is 1.26. The van der Waals surface area contributed by atoms with Crippen molar-refractivity contribution in [3.8, 4) is 0 Å². The molecule has 0 spiro atoms.